The van der Waals surface area contributed by atoms with Gasteiger partial charge in [0.05, 0.1) is 0 Å². The highest BCUT2D eigenvalue weighted by molar-refractivity contribution is 5.71. The molecule has 76 valence electrons. The van der Waals surface area contributed by atoms with Crippen LogP contribution in [0.15, 0.2) is 0 Å². The number of amides is 2. The second-order valence-electron chi connectivity index (χ2n) is 3.81. The van der Waals surface area contributed by atoms with Gasteiger partial charge in [0.15, 0.2) is 0 Å². The Morgan fingerprint density at radius 2 is 2.23 bits per heavy atom. The molecule has 1 aliphatic rings. The zero-order chi connectivity index (χ0) is 9.68. The Labute approximate surface area is 79.3 Å². The van der Waals surface area contributed by atoms with Crippen LogP contribution in [-0.4, -0.2) is 25.7 Å². The van der Waals surface area contributed by atoms with Crippen molar-refractivity contribution in [2.75, 3.05) is 19.6 Å². The van der Waals surface area contributed by atoms with E-state index in [2.05, 4.69) is 17.6 Å². The number of urea groups is 1. The summed E-state index contributed by atoms with van der Waals surface area (Å²) in [4.78, 5) is 10.5. The van der Waals surface area contributed by atoms with E-state index in [0.717, 1.165) is 19.0 Å². The Hall–Kier alpha value is -0.770. The molecule has 2 amide bonds. The van der Waals surface area contributed by atoms with E-state index in [4.69, 9.17) is 5.73 Å². The third kappa shape index (κ3) is 3.63. The molecule has 1 aliphatic heterocycles. The molecule has 1 atom stereocenters. The molecule has 0 aromatic rings. The highest BCUT2D eigenvalue weighted by atomic mass is 16.2. The Bertz CT molecular complexity index is 166. The first kappa shape index (κ1) is 10.3. The molecule has 0 spiro atoms. The number of carbonyl (C=O) groups is 1. The highest BCUT2D eigenvalue weighted by Crippen LogP contribution is 2.20. The normalized spacial score (nSPS) is 21.0. The molecule has 1 fully saturated rings. The zero-order valence-electron chi connectivity index (χ0n) is 8.18. The zero-order valence-corrected chi connectivity index (χ0v) is 8.18. The van der Waals surface area contributed by atoms with Gasteiger partial charge < -0.3 is 16.4 Å². The standard InChI is InChI=1S/C9H19N3O/c1-7(6-12-9(10)13)8-2-4-11-5-3-8/h7-8,11H,2-6H2,1H3,(H3,10,12,13). The van der Waals surface area contributed by atoms with E-state index in [1.54, 1.807) is 0 Å². The van der Waals surface area contributed by atoms with Gasteiger partial charge >= 0.3 is 6.03 Å². The van der Waals surface area contributed by atoms with Crippen molar-refractivity contribution in [3.05, 3.63) is 0 Å². The first-order chi connectivity index (χ1) is 6.20. The summed E-state index contributed by atoms with van der Waals surface area (Å²) in [5.41, 5.74) is 5.01. The molecule has 1 heterocycles. The van der Waals surface area contributed by atoms with Gasteiger partial charge in [-0.2, -0.15) is 0 Å². The minimum absolute atomic E-state index is 0.416. The Balaban J connectivity index is 2.20. The van der Waals surface area contributed by atoms with Crippen molar-refractivity contribution >= 4 is 6.03 Å². The van der Waals surface area contributed by atoms with Crippen molar-refractivity contribution in [1.82, 2.24) is 10.6 Å². The van der Waals surface area contributed by atoms with E-state index < -0.39 is 6.03 Å². The van der Waals surface area contributed by atoms with Gasteiger partial charge in [0.2, 0.25) is 0 Å². The molecule has 0 bridgehead atoms. The second-order valence-corrected chi connectivity index (χ2v) is 3.81. The topological polar surface area (TPSA) is 67.1 Å². The van der Waals surface area contributed by atoms with Gasteiger partial charge in [-0.25, -0.2) is 4.79 Å². The number of hydrogen-bond donors (Lipinski definition) is 3. The van der Waals surface area contributed by atoms with E-state index in [1.807, 2.05) is 0 Å². The fourth-order valence-electron chi connectivity index (χ4n) is 1.84. The molecule has 4 nitrogen and oxygen atoms in total. The fraction of sp³-hybridized carbons (Fsp3) is 0.889. The maximum Gasteiger partial charge on any atom is 0.312 e. The number of rotatable bonds is 3. The van der Waals surface area contributed by atoms with Crippen LogP contribution in [0.1, 0.15) is 19.8 Å². The molecule has 0 aromatic carbocycles. The molecular weight excluding hydrogens is 166 g/mol. The SMILES string of the molecule is CC(CNC(N)=O)C1CCNCC1. The number of nitrogens with two attached hydrogens (primary N) is 1. The highest BCUT2D eigenvalue weighted by Gasteiger charge is 2.19. The minimum Gasteiger partial charge on any atom is -0.352 e. The molecule has 1 saturated heterocycles. The van der Waals surface area contributed by atoms with Crippen molar-refractivity contribution in [2.24, 2.45) is 17.6 Å². The third-order valence-electron chi connectivity index (χ3n) is 2.79. The number of piperidine rings is 1. The van der Waals surface area contributed by atoms with Crippen LogP contribution in [0.3, 0.4) is 0 Å². The van der Waals surface area contributed by atoms with E-state index in [-0.39, 0.29) is 0 Å². The predicted molar refractivity (Wildman–Crippen MR) is 52.3 cm³/mol. The van der Waals surface area contributed by atoms with Crippen LogP contribution >= 0.6 is 0 Å². The summed E-state index contributed by atoms with van der Waals surface area (Å²) >= 11 is 0. The van der Waals surface area contributed by atoms with Gasteiger partial charge in [-0.1, -0.05) is 6.92 Å². The van der Waals surface area contributed by atoms with Crippen LogP contribution in [0, 0.1) is 11.8 Å². The first-order valence-electron chi connectivity index (χ1n) is 4.94. The lowest BCUT2D eigenvalue weighted by Crippen LogP contribution is -2.38. The lowest BCUT2D eigenvalue weighted by molar-refractivity contribution is 0.237. The molecule has 0 radical (unpaired) electrons. The Morgan fingerprint density at radius 1 is 1.62 bits per heavy atom. The summed E-state index contributed by atoms with van der Waals surface area (Å²) in [5, 5.41) is 5.98. The average molecular weight is 185 g/mol. The van der Waals surface area contributed by atoms with Crippen LogP contribution in [0.25, 0.3) is 0 Å². The Kier molecular flexibility index (Phi) is 4.02. The van der Waals surface area contributed by atoms with Crippen molar-refractivity contribution in [1.29, 1.82) is 0 Å². The van der Waals surface area contributed by atoms with E-state index in [9.17, 15) is 4.79 Å². The van der Waals surface area contributed by atoms with Crippen LogP contribution in [-0.2, 0) is 0 Å². The smallest absolute Gasteiger partial charge is 0.312 e. The average Bonchev–Trinajstić information content (AvgIpc) is 2.15. The van der Waals surface area contributed by atoms with Crippen molar-refractivity contribution in [3.8, 4) is 0 Å². The van der Waals surface area contributed by atoms with Crippen LogP contribution < -0.4 is 16.4 Å². The molecule has 1 unspecified atom stereocenters. The van der Waals surface area contributed by atoms with Gasteiger partial charge in [-0.05, 0) is 37.8 Å². The number of hydrogen-bond acceptors (Lipinski definition) is 2. The molecule has 13 heavy (non-hydrogen) atoms. The van der Waals surface area contributed by atoms with Crippen LogP contribution in [0.4, 0.5) is 4.79 Å². The lowest BCUT2D eigenvalue weighted by Gasteiger charge is -2.28. The minimum atomic E-state index is -0.416. The third-order valence-corrected chi connectivity index (χ3v) is 2.79. The number of primary amides is 1. The Morgan fingerprint density at radius 3 is 2.77 bits per heavy atom. The first-order valence-corrected chi connectivity index (χ1v) is 4.94. The predicted octanol–water partition coefficient (Wildman–Crippen LogP) is 0.290. The summed E-state index contributed by atoms with van der Waals surface area (Å²) in [5.74, 6) is 1.27. The number of carbonyl (C=O) groups excluding carboxylic acids is 1. The fourth-order valence-corrected chi connectivity index (χ4v) is 1.84. The van der Waals surface area contributed by atoms with Gasteiger partial charge in [-0.15, -0.1) is 0 Å². The van der Waals surface area contributed by atoms with E-state index >= 15 is 0 Å². The summed E-state index contributed by atoms with van der Waals surface area (Å²) in [6.07, 6.45) is 2.42. The second kappa shape index (κ2) is 5.07. The summed E-state index contributed by atoms with van der Waals surface area (Å²) in [6, 6.07) is -0.416. The molecule has 0 aromatic heterocycles. The molecule has 0 saturated carbocycles. The van der Waals surface area contributed by atoms with Crippen molar-refractivity contribution in [3.63, 3.8) is 0 Å². The summed E-state index contributed by atoms with van der Waals surface area (Å²) in [7, 11) is 0. The van der Waals surface area contributed by atoms with Gasteiger partial charge in [-0.3, -0.25) is 0 Å². The largest absolute Gasteiger partial charge is 0.352 e. The summed E-state index contributed by atoms with van der Waals surface area (Å²) < 4.78 is 0. The van der Waals surface area contributed by atoms with Crippen molar-refractivity contribution in [2.45, 2.75) is 19.8 Å². The van der Waals surface area contributed by atoms with E-state index in [0.29, 0.717) is 12.5 Å². The van der Waals surface area contributed by atoms with Gasteiger partial charge in [0, 0.05) is 6.54 Å². The molecule has 4 N–H and O–H groups in total. The maximum atomic E-state index is 10.5. The van der Waals surface area contributed by atoms with Crippen LogP contribution in [0.2, 0.25) is 0 Å². The van der Waals surface area contributed by atoms with Gasteiger partial charge in [0.25, 0.3) is 0 Å². The lowest BCUT2D eigenvalue weighted by atomic mass is 9.86. The quantitative estimate of drug-likeness (QED) is 0.591. The summed E-state index contributed by atoms with van der Waals surface area (Å²) in [6.45, 7) is 5.09. The van der Waals surface area contributed by atoms with E-state index in [1.165, 1.54) is 12.8 Å². The van der Waals surface area contributed by atoms with Crippen molar-refractivity contribution < 1.29 is 4.79 Å². The maximum absolute atomic E-state index is 10.5. The molecule has 4 heteroatoms. The molecular formula is C9H19N3O. The monoisotopic (exact) mass is 185 g/mol. The molecule has 0 aliphatic carbocycles. The molecule has 1 rings (SSSR count). The van der Waals surface area contributed by atoms with Crippen LogP contribution in [0.5, 0.6) is 0 Å². The van der Waals surface area contributed by atoms with Gasteiger partial charge in [0.1, 0.15) is 0 Å². The number of nitrogens with one attached hydrogen (secondary N) is 2.